The van der Waals surface area contributed by atoms with E-state index in [9.17, 15) is 0 Å². The molecule has 8 heteroatoms. The monoisotopic (exact) mass is 433 g/mol. The average Bonchev–Trinajstić information content (AvgIpc) is 2.78. The van der Waals surface area contributed by atoms with E-state index >= 15 is 0 Å². The first-order valence-corrected chi connectivity index (χ1v) is 9.71. The first-order valence-electron chi connectivity index (χ1n) is 9.34. The van der Waals surface area contributed by atoms with Crippen LogP contribution in [0.25, 0.3) is 11.6 Å². The number of rotatable bonds is 9. The topological polar surface area (TPSA) is 116 Å². The Kier molecular flexibility index (Phi) is 7.61. The summed E-state index contributed by atoms with van der Waals surface area (Å²) >= 11 is 5.94. The van der Waals surface area contributed by atoms with E-state index in [4.69, 9.17) is 37.3 Å². The van der Waals surface area contributed by atoms with Crippen molar-refractivity contribution < 1.29 is 9.47 Å². The van der Waals surface area contributed by atoms with Gasteiger partial charge in [0.15, 0.2) is 6.40 Å². The lowest BCUT2D eigenvalue weighted by Gasteiger charge is -2.11. The standard InChI is InChI=1S/C23H20ClN5O2/c24-18-5-1-16(2-6-18)13-21(23(27)31-15-26)17-3-7-20(8-4-17)30-14-19-10-12-28-22(29-19)9-11-25/h1-8,10-13,15,25-27H,9,14H2. The summed E-state index contributed by atoms with van der Waals surface area (Å²) in [6.07, 6.45) is 5.81. The summed E-state index contributed by atoms with van der Waals surface area (Å²) in [5, 5.41) is 23.1. The van der Waals surface area contributed by atoms with E-state index in [-0.39, 0.29) is 12.5 Å². The zero-order valence-electron chi connectivity index (χ0n) is 16.5. The highest BCUT2D eigenvalue weighted by molar-refractivity contribution is 6.30. The molecule has 3 rings (SSSR count). The molecular formula is C23H20ClN5O2. The number of ether oxygens (including phenoxy) is 2. The Balaban J connectivity index is 1.77. The fourth-order valence-electron chi connectivity index (χ4n) is 2.73. The predicted octanol–water partition coefficient (Wildman–Crippen LogP) is 5.04. The van der Waals surface area contributed by atoms with Crippen LogP contribution in [-0.2, 0) is 17.8 Å². The minimum atomic E-state index is -0.140. The Bertz CT molecular complexity index is 1100. The summed E-state index contributed by atoms with van der Waals surface area (Å²) in [6, 6.07) is 16.2. The highest BCUT2D eigenvalue weighted by Crippen LogP contribution is 2.24. The van der Waals surface area contributed by atoms with Gasteiger partial charge in [0.05, 0.1) is 5.69 Å². The number of hydrogen-bond acceptors (Lipinski definition) is 7. The highest BCUT2D eigenvalue weighted by atomic mass is 35.5. The Labute approximate surface area is 184 Å². The fraction of sp³-hybridized carbons (Fsp3) is 0.0870. The SMILES string of the molecule is N=CCc1nccc(COc2ccc(C(=Cc3ccc(Cl)cc3)C(=N)OC=N)cc2)n1. The molecule has 3 N–H and O–H groups in total. The molecule has 2 aromatic carbocycles. The Morgan fingerprint density at radius 2 is 1.74 bits per heavy atom. The minimum absolute atomic E-state index is 0.140. The molecule has 1 aromatic heterocycles. The lowest BCUT2D eigenvalue weighted by atomic mass is 10.0. The molecule has 0 aliphatic carbocycles. The number of nitrogens with one attached hydrogen (secondary N) is 3. The van der Waals surface area contributed by atoms with Crippen molar-refractivity contribution in [3.8, 4) is 5.75 Å². The second-order valence-corrected chi connectivity index (χ2v) is 6.80. The van der Waals surface area contributed by atoms with Crippen LogP contribution in [0.5, 0.6) is 5.75 Å². The molecule has 31 heavy (non-hydrogen) atoms. The Morgan fingerprint density at radius 1 is 1.00 bits per heavy atom. The van der Waals surface area contributed by atoms with Crippen molar-refractivity contribution >= 4 is 41.8 Å². The van der Waals surface area contributed by atoms with E-state index in [1.54, 1.807) is 42.6 Å². The molecule has 0 radical (unpaired) electrons. The van der Waals surface area contributed by atoms with Gasteiger partial charge in [0.25, 0.3) is 0 Å². The largest absolute Gasteiger partial charge is 0.487 e. The average molecular weight is 434 g/mol. The van der Waals surface area contributed by atoms with Crippen LogP contribution in [0.1, 0.15) is 22.6 Å². The van der Waals surface area contributed by atoms with Crippen LogP contribution < -0.4 is 4.74 Å². The van der Waals surface area contributed by atoms with E-state index in [0.29, 0.717) is 28.6 Å². The molecule has 0 atom stereocenters. The van der Waals surface area contributed by atoms with Crippen LogP contribution >= 0.6 is 11.6 Å². The molecule has 0 spiro atoms. The number of hydrogen-bond donors (Lipinski definition) is 3. The zero-order chi connectivity index (χ0) is 22.1. The van der Waals surface area contributed by atoms with Gasteiger partial charge < -0.3 is 14.9 Å². The van der Waals surface area contributed by atoms with E-state index in [1.807, 2.05) is 24.3 Å². The fourth-order valence-corrected chi connectivity index (χ4v) is 2.85. The third-order valence-corrected chi connectivity index (χ3v) is 4.45. The lowest BCUT2D eigenvalue weighted by Crippen LogP contribution is -2.05. The van der Waals surface area contributed by atoms with Gasteiger partial charge in [-0.05, 0) is 47.5 Å². The molecule has 0 amide bonds. The molecule has 0 aliphatic heterocycles. The molecule has 3 aromatic rings. The van der Waals surface area contributed by atoms with Gasteiger partial charge in [-0.1, -0.05) is 35.9 Å². The van der Waals surface area contributed by atoms with Gasteiger partial charge in [-0.3, -0.25) is 10.8 Å². The van der Waals surface area contributed by atoms with Crippen molar-refractivity contribution in [2.75, 3.05) is 0 Å². The van der Waals surface area contributed by atoms with Gasteiger partial charge in [-0.2, -0.15) is 0 Å². The summed E-state index contributed by atoms with van der Waals surface area (Å²) in [6.45, 7) is 0.271. The Hall–Kier alpha value is -3.84. The lowest BCUT2D eigenvalue weighted by molar-refractivity contribution is 0.300. The van der Waals surface area contributed by atoms with Crippen LogP contribution in [-0.4, -0.2) is 28.5 Å². The zero-order valence-corrected chi connectivity index (χ0v) is 17.3. The summed E-state index contributed by atoms with van der Waals surface area (Å²) in [4.78, 5) is 8.45. The number of halogens is 1. The molecular weight excluding hydrogens is 414 g/mol. The van der Waals surface area contributed by atoms with Crippen LogP contribution in [0.2, 0.25) is 5.02 Å². The van der Waals surface area contributed by atoms with Crippen LogP contribution in [0.15, 0.2) is 60.8 Å². The maximum Gasteiger partial charge on any atom is 0.221 e. The third kappa shape index (κ3) is 6.32. The number of benzene rings is 2. The summed E-state index contributed by atoms with van der Waals surface area (Å²) in [5.74, 6) is 1.08. The highest BCUT2D eigenvalue weighted by Gasteiger charge is 2.11. The summed E-state index contributed by atoms with van der Waals surface area (Å²) in [7, 11) is 0. The first kappa shape index (κ1) is 21.9. The van der Waals surface area contributed by atoms with E-state index in [0.717, 1.165) is 23.2 Å². The minimum Gasteiger partial charge on any atom is -0.487 e. The van der Waals surface area contributed by atoms with E-state index < -0.39 is 0 Å². The summed E-state index contributed by atoms with van der Waals surface area (Å²) < 4.78 is 10.8. The molecule has 0 bridgehead atoms. The van der Waals surface area contributed by atoms with Crippen LogP contribution in [0.3, 0.4) is 0 Å². The van der Waals surface area contributed by atoms with Gasteiger partial charge in [0.1, 0.15) is 18.2 Å². The third-order valence-electron chi connectivity index (χ3n) is 4.20. The van der Waals surface area contributed by atoms with Gasteiger partial charge in [-0.25, -0.2) is 9.97 Å². The maximum absolute atomic E-state index is 8.15. The van der Waals surface area contributed by atoms with Crippen molar-refractivity contribution in [2.45, 2.75) is 13.0 Å². The van der Waals surface area contributed by atoms with E-state index in [1.165, 1.54) is 6.21 Å². The van der Waals surface area contributed by atoms with Gasteiger partial charge in [-0.15, -0.1) is 0 Å². The van der Waals surface area contributed by atoms with Crippen molar-refractivity contribution in [2.24, 2.45) is 0 Å². The molecule has 0 saturated carbocycles. The second-order valence-electron chi connectivity index (χ2n) is 6.36. The molecule has 156 valence electrons. The molecule has 0 aliphatic rings. The molecule has 1 heterocycles. The van der Waals surface area contributed by atoms with Crippen LogP contribution in [0, 0.1) is 16.2 Å². The van der Waals surface area contributed by atoms with Crippen molar-refractivity contribution in [1.29, 1.82) is 16.2 Å². The number of nitrogens with zero attached hydrogens (tertiary/aromatic N) is 2. The number of aromatic nitrogens is 2. The second kappa shape index (κ2) is 10.8. The smallest absolute Gasteiger partial charge is 0.221 e. The van der Waals surface area contributed by atoms with Gasteiger partial charge in [0, 0.05) is 29.4 Å². The predicted molar refractivity (Wildman–Crippen MR) is 122 cm³/mol. The maximum atomic E-state index is 8.15. The van der Waals surface area contributed by atoms with Crippen molar-refractivity contribution in [1.82, 2.24) is 9.97 Å². The summed E-state index contributed by atoms with van der Waals surface area (Å²) in [5.41, 5.74) is 2.83. The Morgan fingerprint density at radius 3 is 2.42 bits per heavy atom. The van der Waals surface area contributed by atoms with Crippen molar-refractivity contribution in [3.05, 3.63) is 88.5 Å². The normalized spacial score (nSPS) is 10.9. The van der Waals surface area contributed by atoms with E-state index in [2.05, 4.69) is 9.97 Å². The van der Waals surface area contributed by atoms with Crippen LogP contribution in [0.4, 0.5) is 0 Å². The first-order chi connectivity index (χ1) is 15.1. The van der Waals surface area contributed by atoms with Gasteiger partial charge in [0.2, 0.25) is 5.90 Å². The van der Waals surface area contributed by atoms with Gasteiger partial charge >= 0.3 is 0 Å². The van der Waals surface area contributed by atoms with Crippen molar-refractivity contribution in [3.63, 3.8) is 0 Å². The molecule has 0 fully saturated rings. The molecule has 7 nitrogen and oxygen atoms in total. The quantitative estimate of drug-likeness (QED) is 0.249. The molecule has 0 saturated heterocycles. The molecule has 0 unspecified atom stereocenters.